The van der Waals surface area contributed by atoms with E-state index in [9.17, 15) is 4.79 Å². The number of likely N-dealkylation sites (N-methyl/N-ethyl adjacent to an activating group) is 2. The van der Waals surface area contributed by atoms with Gasteiger partial charge in [0.25, 0.3) is 0 Å². The number of nitrogens with zero attached hydrogens (tertiary/aromatic N) is 2. The first-order valence-corrected chi connectivity index (χ1v) is 7.96. The maximum absolute atomic E-state index is 12.3. The SMILES string of the molecule is CCNC1(C(=O)OCC)CCC(N2CCN(C)CC2)C1. The highest BCUT2D eigenvalue weighted by atomic mass is 16.5. The molecule has 1 aliphatic carbocycles. The Hall–Kier alpha value is -0.650. The van der Waals surface area contributed by atoms with Gasteiger partial charge in [-0.15, -0.1) is 0 Å². The lowest BCUT2D eigenvalue weighted by Gasteiger charge is -2.37. The van der Waals surface area contributed by atoms with Gasteiger partial charge >= 0.3 is 5.97 Å². The van der Waals surface area contributed by atoms with E-state index in [2.05, 4.69) is 29.1 Å². The van der Waals surface area contributed by atoms with Gasteiger partial charge in [-0.1, -0.05) is 6.92 Å². The van der Waals surface area contributed by atoms with E-state index >= 15 is 0 Å². The van der Waals surface area contributed by atoms with Crippen LogP contribution in [-0.2, 0) is 9.53 Å². The van der Waals surface area contributed by atoms with Crippen LogP contribution in [0.15, 0.2) is 0 Å². The third kappa shape index (κ3) is 3.32. The molecule has 116 valence electrons. The number of esters is 1. The van der Waals surface area contributed by atoms with Crippen molar-refractivity contribution in [3.63, 3.8) is 0 Å². The predicted molar refractivity (Wildman–Crippen MR) is 79.7 cm³/mol. The molecular weight excluding hydrogens is 254 g/mol. The van der Waals surface area contributed by atoms with Crippen LogP contribution in [0.2, 0.25) is 0 Å². The summed E-state index contributed by atoms with van der Waals surface area (Å²) in [4.78, 5) is 17.2. The molecule has 1 aliphatic heterocycles. The van der Waals surface area contributed by atoms with Crippen molar-refractivity contribution in [1.82, 2.24) is 15.1 Å². The first-order chi connectivity index (χ1) is 9.61. The summed E-state index contributed by atoms with van der Waals surface area (Å²) in [6, 6.07) is 0.521. The van der Waals surface area contributed by atoms with Crippen molar-refractivity contribution < 1.29 is 9.53 Å². The first-order valence-electron chi connectivity index (χ1n) is 7.96. The van der Waals surface area contributed by atoms with Crippen LogP contribution < -0.4 is 5.32 Å². The zero-order valence-corrected chi connectivity index (χ0v) is 13.2. The Morgan fingerprint density at radius 3 is 2.60 bits per heavy atom. The Balaban J connectivity index is 1.98. The van der Waals surface area contributed by atoms with Crippen LogP contribution in [0.1, 0.15) is 33.1 Å². The van der Waals surface area contributed by atoms with Crippen molar-refractivity contribution >= 4 is 5.97 Å². The molecule has 1 heterocycles. The Kier molecular flexibility index (Phi) is 5.41. The van der Waals surface area contributed by atoms with Gasteiger partial charge in [-0.2, -0.15) is 0 Å². The number of carbonyl (C=O) groups excluding carboxylic acids is 1. The van der Waals surface area contributed by atoms with Gasteiger partial charge in [0, 0.05) is 32.2 Å². The number of piperazine rings is 1. The second kappa shape index (κ2) is 6.87. The number of nitrogens with one attached hydrogen (secondary N) is 1. The van der Waals surface area contributed by atoms with Gasteiger partial charge in [-0.3, -0.25) is 9.69 Å². The molecule has 0 aromatic rings. The van der Waals surface area contributed by atoms with Crippen molar-refractivity contribution in [3.05, 3.63) is 0 Å². The highest BCUT2D eigenvalue weighted by Gasteiger charge is 2.47. The van der Waals surface area contributed by atoms with Crippen molar-refractivity contribution in [3.8, 4) is 0 Å². The third-order valence-corrected chi connectivity index (χ3v) is 4.72. The lowest BCUT2D eigenvalue weighted by Crippen LogP contribution is -2.53. The number of hydrogen-bond donors (Lipinski definition) is 1. The Labute approximate surface area is 122 Å². The summed E-state index contributed by atoms with van der Waals surface area (Å²) < 4.78 is 5.31. The summed E-state index contributed by atoms with van der Waals surface area (Å²) in [6.45, 7) is 9.71. The average Bonchev–Trinajstić information content (AvgIpc) is 2.86. The molecule has 1 saturated heterocycles. The average molecular weight is 283 g/mol. The van der Waals surface area contributed by atoms with Crippen molar-refractivity contribution in [1.29, 1.82) is 0 Å². The maximum atomic E-state index is 12.3. The van der Waals surface area contributed by atoms with Crippen LogP contribution in [0.3, 0.4) is 0 Å². The van der Waals surface area contributed by atoms with E-state index in [-0.39, 0.29) is 5.97 Å². The molecule has 1 saturated carbocycles. The summed E-state index contributed by atoms with van der Waals surface area (Å²) in [6.07, 6.45) is 2.88. The number of ether oxygens (including phenoxy) is 1. The zero-order chi connectivity index (χ0) is 14.6. The number of rotatable bonds is 5. The largest absolute Gasteiger partial charge is 0.465 e. The summed E-state index contributed by atoms with van der Waals surface area (Å²) in [5.74, 6) is -0.0570. The van der Waals surface area contributed by atoms with Crippen LogP contribution in [0.25, 0.3) is 0 Å². The van der Waals surface area contributed by atoms with Crippen molar-refractivity contribution in [2.45, 2.75) is 44.7 Å². The molecule has 1 N–H and O–H groups in total. The molecule has 2 unspecified atom stereocenters. The van der Waals surface area contributed by atoms with E-state index in [1.165, 1.54) is 0 Å². The fraction of sp³-hybridized carbons (Fsp3) is 0.933. The lowest BCUT2D eigenvalue weighted by molar-refractivity contribution is -0.151. The third-order valence-electron chi connectivity index (χ3n) is 4.72. The molecule has 20 heavy (non-hydrogen) atoms. The molecule has 2 fully saturated rings. The van der Waals surface area contributed by atoms with E-state index in [0.29, 0.717) is 12.6 Å². The maximum Gasteiger partial charge on any atom is 0.326 e. The van der Waals surface area contributed by atoms with Gasteiger partial charge < -0.3 is 15.0 Å². The molecule has 2 rings (SSSR count). The molecule has 0 aromatic carbocycles. The molecular formula is C15H29N3O2. The number of carbonyl (C=O) groups is 1. The monoisotopic (exact) mass is 283 g/mol. The van der Waals surface area contributed by atoms with Crippen LogP contribution in [0.5, 0.6) is 0 Å². The summed E-state index contributed by atoms with van der Waals surface area (Å²) in [5.41, 5.74) is -0.446. The fourth-order valence-electron chi connectivity index (χ4n) is 3.54. The van der Waals surface area contributed by atoms with Gasteiger partial charge in [0.05, 0.1) is 6.61 Å². The summed E-state index contributed by atoms with van der Waals surface area (Å²) in [7, 11) is 2.17. The van der Waals surface area contributed by atoms with Gasteiger partial charge in [0.2, 0.25) is 0 Å². The normalized spacial score (nSPS) is 32.5. The second-order valence-electron chi connectivity index (χ2n) is 6.07. The smallest absolute Gasteiger partial charge is 0.326 e. The quantitative estimate of drug-likeness (QED) is 0.753. The van der Waals surface area contributed by atoms with E-state index in [0.717, 1.165) is 52.0 Å². The van der Waals surface area contributed by atoms with Gasteiger partial charge in [0.1, 0.15) is 5.54 Å². The van der Waals surface area contributed by atoms with Gasteiger partial charge in [-0.25, -0.2) is 0 Å². The molecule has 2 aliphatic rings. The Bertz CT molecular complexity index is 329. The molecule has 5 heteroatoms. The van der Waals surface area contributed by atoms with Crippen LogP contribution in [0.4, 0.5) is 0 Å². The second-order valence-corrected chi connectivity index (χ2v) is 6.07. The molecule has 0 bridgehead atoms. The highest BCUT2D eigenvalue weighted by molar-refractivity contribution is 5.81. The Morgan fingerprint density at radius 1 is 1.30 bits per heavy atom. The van der Waals surface area contributed by atoms with Crippen molar-refractivity contribution in [2.75, 3.05) is 46.4 Å². The minimum absolute atomic E-state index is 0.0570. The van der Waals surface area contributed by atoms with E-state index in [1.54, 1.807) is 0 Å². The molecule has 5 nitrogen and oxygen atoms in total. The van der Waals surface area contributed by atoms with E-state index in [1.807, 2.05) is 6.92 Å². The highest BCUT2D eigenvalue weighted by Crippen LogP contribution is 2.34. The minimum atomic E-state index is -0.446. The topological polar surface area (TPSA) is 44.8 Å². The molecule has 0 amide bonds. The standard InChI is InChI=1S/C15H29N3O2/c1-4-16-15(14(19)20-5-2)7-6-13(12-15)18-10-8-17(3)9-11-18/h13,16H,4-12H2,1-3H3. The lowest BCUT2D eigenvalue weighted by atomic mass is 9.97. The minimum Gasteiger partial charge on any atom is -0.465 e. The molecule has 2 atom stereocenters. The summed E-state index contributed by atoms with van der Waals surface area (Å²) in [5, 5.41) is 3.41. The Morgan fingerprint density at radius 2 is 2.00 bits per heavy atom. The van der Waals surface area contributed by atoms with Crippen LogP contribution in [-0.4, -0.2) is 73.7 Å². The predicted octanol–water partition coefficient (Wildman–Crippen LogP) is 0.698. The first kappa shape index (κ1) is 15.7. The zero-order valence-electron chi connectivity index (χ0n) is 13.2. The molecule has 0 radical (unpaired) electrons. The van der Waals surface area contributed by atoms with E-state index in [4.69, 9.17) is 4.74 Å². The van der Waals surface area contributed by atoms with Crippen LogP contribution in [0, 0.1) is 0 Å². The van der Waals surface area contributed by atoms with Crippen LogP contribution >= 0.6 is 0 Å². The van der Waals surface area contributed by atoms with Crippen molar-refractivity contribution in [2.24, 2.45) is 0 Å². The van der Waals surface area contributed by atoms with Gasteiger partial charge in [0.15, 0.2) is 0 Å². The summed E-state index contributed by atoms with van der Waals surface area (Å²) >= 11 is 0. The fourth-order valence-corrected chi connectivity index (χ4v) is 3.54. The molecule has 0 spiro atoms. The number of hydrogen-bond acceptors (Lipinski definition) is 5. The molecule has 0 aromatic heterocycles. The van der Waals surface area contributed by atoms with Gasteiger partial charge in [-0.05, 0) is 39.8 Å². The van der Waals surface area contributed by atoms with E-state index < -0.39 is 5.54 Å².